The standard InChI is InChI=1S/C18H23NO2/c1-5-21-16-9-7-6-8-14(16)18(19)15-10-13(3)17(20-4)11-12(15)2/h6-11,18H,5,19H2,1-4H3. The molecule has 0 bridgehead atoms. The highest BCUT2D eigenvalue weighted by molar-refractivity contribution is 5.48. The normalized spacial score (nSPS) is 12.0. The maximum absolute atomic E-state index is 6.49. The molecule has 2 aromatic rings. The summed E-state index contributed by atoms with van der Waals surface area (Å²) in [5.74, 6) is 1.74. The largest absolute Gasteiger partial charge is 0.496 e. The summed E-state index contributed by atoms with van der Waals surface area (Å²) in [5, 5.41) is 0. The van der Waals surface area contributed by atoms with Crippen LogP contribution >= 0.6 is 0 Å². The maximum Gasteiger partial charge on any atom is 0.124 e. The zero-order chi connectivity index (χ0) is 15.4. The Balaban J connectivity index is 2.45. The van der Waals surface area contributed by atoms with Gasteiger partial charge in [0.05, 0.1) is 19.8 Å². The van der Waals surface area contributed by atoms with Crippen LogP contribution in [-0.4, -0.2) is 13.7 Å². The van der Waals surface area contributed by atoms with E-state index in [2.05, 4.69) is 13.0 Å². The summed E-state index contributed by atoms with van der Waals surface area (Å²) >= 11 is 0. The molecule has 0 aliphatic rings. The SMILES string of the molecule is CCOc1ccccc1C(N)c1cc(C)c(OC)cc1C. The third-order valence-corrected chi connectivity index (χ3v) is 3.67. The van der Waals surface area contributed by atoms with E-state index in [1.165, 1.54) is 0 Å². The molecule has 3 nitrogen and oxygen atoms in total. The second-order valence-corrected chi connectivity index (χ2v) is 5.13. The van der Waals surface area contributed by atoms with Gasteiger partial charge in [0.25, 0.3) is 0 Å². The summed E-state index contributed by atoms with van der Waals surface area (Å²) in [6, 6.07) is 11.9. The first-order chi connectivity index (χ1) is 10.1. The topological polar surface area (TPSA) is 44.5 Å². The molecule has 2 rings (SSSR count). The predicted octanol–water partition coefficient (Wildman–Crippen LogP) is 3.76. The number of aryl methyl sites for hydroxylation is 2. The molecular formula is C18H23NO2. The Morgan fingerprint density at radius 2 is 1.71 bits per heavy atom. The summed E-state index contributed by atoms with van der Waals surface area (Å²) in [5.41, 5.74) is 10.8. The Morgan fingerprint density at radius 1 is 1.00 bits per heavy atom. The minimum atomic E-state index is -0.211. The molecule has 1 unspecified atom stereocenters. The van der Waals surface area contributed by atoms with Crippen molar-refractivity contribution in [3.8, 4) is 11.5 Å². The number of rotatable bonds is 5. The average Bonchev–Trinajstić information content (AvgIpc) is 2.49. The Hall–Kier alpha value is -2.00. The van der Waals surface area contributed by atoms with Crippen molar-refractivity contribution in [2.45, 2.75) is 26.8 Å². The molecule has 1 atom stereocenters. The van der Waals surface area contributed by atoms with Crippen LogP contribution in [0.5, 0.6) is 11.5 Å². The lowest BCUT2D eigenvalue weighted by molar-refractivity contribution is 0.335. The Labute approximate surface area is 126 Å². The van der Waals surface area contributed by atoms with Gasteiger partial charge in [-0.1, -0.05) is 24.3 Å². The molecule has 0 aromatic heterocycles. The minimum Gasteiger partial charge on any atom is -0.496 e. The molecule has 0 fully saturated rings. The van der Waals surface area contributed by atoms with Crippen molar-refractivity contribution in [1.29, 1.82) is 0 Å². The van der Waals surface area contributed by atoms with Crippen LogP contribution in [0.15, 0.2) is 36.4 Å². The van der Waals surface area contributed by atoms with Crippen molar-refractivity contribution < 1.29 is 9.47 Å². The van der Waals surface area contributed by atoms with Gasteiger partial charge in [-0.15, -0.1) is 0 Å². The molecule has 2 N–H and O–H groups in total. The van der Waals surface area contributed by atoms with Crippen LogP contribution in [-0.2, 0) is 0 Å². The molecule has 0 aliphatic heterocycles. The van der Waals surface area contributed by atoms with Crippen LogP contribution in [0.1, 0.15) is 35.2 Å². The van der Waals surface area contributed by atoms with Gasteiger partial charge in [-0.2, -0.15) is 0 Å². The van der Waals surface area contributed by atoms with E-state index in [0.717, 1.165) is 33.8 Å². The number of para-hydroxylation sites is 1. The van der Waals surface area contributed by atoms with Gasteiger partial charge < -0.3 is 15.2 Å². The summed E-state index contributed by atoms with van der Waals surface area (Å²) in [7, 11) is 1.69. The first-order valence-corrected chi connectivity index (χ1v) is 7.21. The first kappa shape index (κ1) is 15.4. The van der Waals surface area contributed by atoms with E-state index in [9.17, 15) is 0 Å². The molecule has 112 valence electrons. The van der Waals surface area contributed by atoms with Crippen LogP contribution < -0.4 is 15.2 Å². The zero-order valence-corrected chi connectivity index (χ0v) is 13.1. The molecule has 0 radical (unpaired) electrons. The van der Waals surface area contributed by atoms with Crippen LogP contribution in [0.25, 0.3) is 0 Å². The smallest absolute Gasteiger partial charge is 0.124 e. The van der Waals surface area contributed by atoms with Gasteiger partial charge in [0.15, 0.2) is 0 Å². The first-order valence-electron chi connectivity index (χ1n) is 7.21. The number of ether oxygens (including phenoxy) is 2. The van der Waals surface area contributed by atoms with Crippen LogP contribution in [0.3, 0.4) is 0 Å². The van der Waals surface area contributed by atoms with E-state index >= 15 is 0 Å². The predicted molar refractivity (Wildman–Crippen MR) is 86.1 cm³/mol. The van der Waals surface area contributed by atoms with Gasteiger partial charge in [-0.3, -0.25) is 0 Å². The van der Waals surface area contributed by atoms with Crippen LogP contribution in [0.4, 0.5) is 0 Å². The summed E-state index contributed by atoms with van der Waals surface area (Å²) in [6.45, 7) is 6.69. The minimum absolute atomic E-state index is 0.211. The molecule has 0 heterocycles. The molecule has 0 saturated heterocycles. The lowest BCUT2D eigenvalue weighted by Gasteiger charge is -2.20. The van der Waals surface area contributed by atoms with Gasteiger partial charge in [-0.05, 0) is 49.6 Å². The number of hydrogen-bond donors (Lipinski definition) is 1. The van der Waals surface area contributed by atoms with Crippen LogP contribution in [0, 0.1) is 13.8 Å². The molecule has 0 saturated carbocycles. The molecular weight excluding hydrogens is 262 g/mol. The average molecular weight is 285 g/mol. The molecule has 0 amide bonds. The Bertz CT molecular complexity index is 623. The van der Waals surface area contributed by atoms with Gasteiger partial charge in [0, 0.05) is 5.56 Å². The van der Waals surface area contributed by atoms with Gasteiger partial charge in [0.2, 0.25) is 0 Å². The fraction of sp³-hybridized carbons (Fsp3) is 0.333. The quantitative estimate of drug-likeness (QED) is 0.909. The van der Waals surface area contributed by atoms with Crippen LogP contribution in [0.2, 0.25) is 0 Å². The summed E-state index contributed by atoms with van der Waals surface area (Å²) < 4.78 is 11.1. The van der Waals surface area contributed by atoms with Crippen molar-refractivity contribution in [1.82, 2.24) is 0 Å². The molecule has 21 heavy (non-hydrogen) atoms. The second kappa shape index (κ2) is 6.64. The Morgan fingerprint density at radius 3 is 2.38 bits per heavy atom. The highest BCUT2D eigenvalue weighted by Crippen LogP contribution is 2.32. The second-order valence-electron chi connectivity index (χ2n) is 5.13. The highest BCUT2D eigenvalue weighted by Gasteiger charge is 2.17. The van der Waals surface area contributed by atoms with Crippen molar-refractivity contribution in [3.63, 3.8) is 0 Å². The molecule has 3 heteroatoms. The van der Waals surface area contributed by atoms with Crippen molar-refractivity contribution in [2.75, 3.05) is 13.7 Å². The number of methoxy groups -OCH3 is 1. The molecule has 0 spiro atoms. The number of benzene rings is 2. The van der Waals surface area contributed by atoms with E-state index in [0.29, 0.717) is 6.61 Å². The van der Waals surface area contributed by atoms with Gasteiger partial charge in [-0.25, -0.2) is 0 Å². The van der Waals surface area contributed by atoms with Gasteiger partial charge in [0.1, 0.15) is 11.5 Å². The Kier molecular flexibility index (Phi) is 4.86. The zero-order valence-electron chi connectivity index (χ0n) is 13.1. The van der Waals surface area contributed by atoms with Crippen molar-refractivity contribution in [2.24, 2.45) is 5.73 Å². The van der Waals surface area contributed by atoms with Crippen molar-refractivity contribution >= 4 is 0 Å². The lowest BCUT2D eigenvalue weighted by atomic mass is 9.93. The lowest BCUT2D eigenvalue weighted by Crippen LogP contribution is -2.15. The third kappa shape index (κ3) is 3.19. The van der Waals surface area contributed by atoms with E-state index in [1.54, 1.807) is 7.11 Å². The molecule has 0 aliphatic carbocycles. The van der Waals surface area contributed by atoms with E-state index in [4.69, 9.17) is 15.2 Å². The van der Waals surface area contributed by atoms with E-state index in [-0.39, 0.29) is 6.04 Å². The van der Waals surface area contributed by atoms with E-state index in [1.807, 2.05) is 44.2 Å². The highest BCUT2D eigenvalue weighted by atomic mass is 16.5. The van der Waals surface area contributed by atoms with Gasteiger partial charge >= 0.3 is 0 Å². The van der Waals surface area contributed by atoms with Crippen molar-refractivity contribution in [3.05, 3.63) is 58.7 Å². The molecule has 2 aromatic carbocycles. The number of nitrogens with two attached hydrogens (primary N) is 1. The summed E-state index contributed by atoms with van der Waals surface area (Å²) in [6.07, 6.45) is 0. The third-order valence-electron chi connectivity index (χ3n) is 3.67. The monoisotopic (exact) mass is 285 g/mol. The summed E-state index contributed by atoms with van der Waals surface area (Å²) in [4.78, 5) is 0. The number of hydrogen-bond acceptors (Lipinski definition) is 3. The fourth-order valence-electron chi connectivity index (χ4n) is 2.56. The van der Waals surface area contributed by atoms with E-state index < -0.39 is 0 Å². The maximum atomic E-state index is 6.49. The fourth-order valence-corrected chi connectivity index (χ4v) is 2.56.